The van der Waals surface area contributed by atoms with Crippen LogP contribution in [0.3, 0.4) is 0 Å². The molecule has 134 valence electrons. The average Bonchev–Trinajstić information content (AvgIpc) is 2.60. The van der Waals surface area contributed by atoms with E-state index >= 15 is 0 Å². The number of nitrogens with zero attached hydrogens (tertiary/aromatic N) is 2. The molecule has 1 amide bonds. The van der Waals surface area contributed by atoms with Gasteiger partial charge in [-0.25, -0.2) is 0 Å². The zero-order valence-corrected chi connectivity index (χ0v) is 14.4. The van der Waals surface area contributed by atoms with E-state index in [-0.39, 0.29) is 23.6 Å². The smallest absolute Gasteiger partial charge is 0.272 e. The van der Waals surface area contributed by atoms with Crippen molar-refractivity contribution in [3.05, 3.63) is 64.2 Å². The first-order chi connectivity index (χ1) is 12.4. The van der Waals surface area contributed by atoms with E-state index in [2.05, 4.69) is 15.8 Å². The zero-order chi connectivity index (χ0) is 19.1. The van der Waals surface area contributed by atoms with Crippen LogP contribution in [-0.2, 0) is 9.59 Å². The summed E-state index contributed by atoms with van der Waals surface area (Å²) in [6.07, 6.45) is -0.141. The number of nitro groups is 1. The van der Waals surface area contributed by atoms with Gasteiger partial charge in [0.2, 0.25) is 0 Å². The van der Waals surface area contributed by atoms with Crippen molar-refractivity contribution in [2.45, 2.75) is 20.3 Å². The van der Waals surface area contributed by atoms with E-state index in [0.717, 1.165) is 5.56 Å². The molecule has 2 aromatic carbocycles. The number of nitro benzene ring substituents is 1. The van der Waals surface area contributed by atoms with E-state index in [1.807, 2.05) is 19.1 Å². The minimum absolute atomic E-state index is 0.0131. The Labute approximate surface area is 150 Å². The molecule has 8 heteroatoms. The Bertz CT molecular complexity index is 860. The van der Waals surface area contributed by atoms with Gasteiger partial charge in [0.15, 0.2) is 0 Å². The second-order valence-electron chi connectivity index (χ2n) is 5.62. The molecular weight excluding hydrogens is 336 g/mol. The van der Waals surface area contributed by atoms with Gasteiger partial charge in [-0.3, -0.25) is 25.1 Å². The normalized spacial score (nSPS) is 10.9. The fraction of sp³-hybridized carbons (Fsp3) is 0.167. The van der Waals surface area contributed by atoms with E-state index < -0.39 is 10.8 Å². The predicted molar refractivity (Wildman–Crippen MR) is 99.3 cm³/mol. The molecule has 0 heterocycles. The molecule has 0 aliphatic heterocycles. The number of nitrogens with one attached hydrogen (secondary N) is 2. The summed E-state index contributed by atoms with van der Waals surface area (Å²) in [4.78, 5) is 34.0. The molecule has 0 spiro atoms. The summed E-state index contributed by atoms with van der Waals surface area (Å²) >= 11 is 0. The van der Waals surface area contributed by atoms with Gasteiger partial charge in [0.05, 0.1) is 17.0 Å². The quantitative estimate of drug-likeness (QED) is 0.450. The fourth-order valence-electron chi connectivity index (χ4n) is 2.10. The predicted octanol–water partition coefficient (Wildman–Crippen LogP) is 3.29. The van der Waals surface area contributed by atoms with Gasteiger partial charge in [0, 0.05) is 17.8 Å². The van der Waals surface area contributed by atoms with Gasteiger partial charge in [0.1, 0.15) is 11.5 Å². The van der Waals surface area contributed by atoms with Crippen LogP contribution in [0.25, 0.3) is 0 Å². The molecule has 2 N–H and O–H groups in total. The first kappa shape index (κ1) is 18.8. The molecule has 0 unspecified atom stereocenters. The lowest BCUT2D eigenvalue weighted by Gasteiger charge is -2.10. The van der Waals surface area contributed by atoms with Crippen LogP contribution in [0, 0.1) is 17.0 Å². The van der Waals surface area contributed by atoms with Crippen molar-refractivity contribution in [1.29, 1.82) is 0 Å². The number of non-ortho nitro benzene ring substituents is 1. The highest BCUT2D eigenvalue weighted by Gasteiger charge is 2.15. The number of Topliss-reactive ketones (excluding diaryl/α,β-unsaturated/α-hetero) is 1. The van der Waals surface area contributed by atoms with Crippen molar-refractivity contribution in [1.82, 2.24) is 0 Å². The largest absolute Gasteiger partial charge is 0.321 e. The molecule has 0 aromatic heterocycles. The summed E-state index contributed by atoms with van der Waals surface area (Å²) in [5, 5.41) is 17.4. The van der Waals surface area contributed by atoms with Crippen LogP contribution < -0.4 is 10.7 Å². The first-order valence-corrected chi connectivity index (χ1v) is 7.80. The van der Waals surface area contributed by atoms with Crippen LogP contribution in [-0.4, -0.2) is 22.3 Å². The molecular formula is C18H18N4O4. The molecule has 0 saturated heterocycles. The minimum Gasteiger partial charge on any atom is -0.321 e. The molecule has 0 fully saturated rings. The lowest BCUT2D eigenvalue weighted by molar-refractivity contribution is -0.384. The third-order valence-corrected chi connectivity index (χ3v) is 3.47. The van der Waals surface area contributed by atoms with E-state index in [1.54, 1.807) is 12.1 Å². The number of rotatable bonds is 7. The molecule has 2 rings (SSSR count). The van der Waals surface area contributed by atoms with Crippen LogP contribution in [0.15, 0.2) is 53.6 Å². The molecule has 2 aromatic rings. The van der Waals surface area contributed by atoms with E-state index in [4.69, 9.17) is 0 Å². The van der Waals surface area contributed by atoms with E-state index in [1.165, 1.54) is 31.2 Å². The Morgan fingerprint density at radius 3 is 2.35 bits per heavy atom. The van der Waals surface area contributed by atoms with Crippen molar-refractivity contribution in [2.24, 2.45) is 5.10 Å². The summed E-state index contributed by atoms with van der Waals surface area (Å²) in [5.41, 5.74) is 4.58. The lowest BCUT2D eigenvalue weighted by atomic mass is 10.1. The van der Waals surface area contributed by atoms with E-state index in [9.17, 15) is 19.7 Å². The standard InChI is InChI=1S/C18H18N4O4/c1-12-5-3-4-6-16(12)19-18(24)17(11-13(2)23)21-20-14-7-9-15(10-8-14)22(25)26/h3-10,20H,11H2,1-2H3,(H,19,24). The Hall–Kier alpha value is -3.55. The Balaban J connectivity index is 2.16. The van der Waals surface area contributed by atoms with Crippen molar-refractivity contribution >= 4 is 34.5 Å². The average molecular weight is 354 g/mol. The highest BCUT2D eigenvalue weighted by Crippen LogP contribution is 2.16. The number of amides is 1. The molecule has 0 atom stereocenters. The van der Waals surface area contributed by atoms with Crippen LogP contribution in [0.4, 0.5) is 17.1 Å². The summed E-state index contributed by atoms with van der Waals surface area (Å²) in [6, 6.07) is 12.8. The second-order valence-corrected chi connectivity index (χ2v) is 5.62. The molecule has 26 heavy (non-hydrogen) atoms. The van der Waals surface area contributed by atoms with Gasteiger partial charge in [-0.2, -0.15) is 5.10 Å². The second kappa shape index (κ2) is 8.52. The SMILES string of the molecule is CC(=O)CC(=NNc1ccc([N+](=O)[O-])cc1)C(=O)Nc1ccccc1C. The van der Waals surface area contributed by atoms with Crippen molar-refractivity contribution in [2.75, 3.05) is 10.7 Å². The number of carbonyl (C=O) groups excluding carboxylic acids is 2. The number of aryl methyl sites for hydroxylation is 1. The van der Waals surface area contributed by atoms with Crippen LogP contribution in [0.1, 0.15) is 18.9 Å². The summed E-state index contributed by atoms with van der Waals surface area (Å²) in [5.74, 6) is -0.710. The van der Waals surface area contributed by atoms with Gasteiger partial charge in [-0.05, 0) is 37.6 Å². The summed E-state index contributed by atoms with van der Waals surface area (Å²) < 4.78 is 0. The van der Waals surface area contributed by atoms with Crippen LogP contribution in [0.5, 0.6) is 0 Å². The highest BCUT2D eigenvalue weighted by molar-refractivity contribution is 6.45. The maximum atomic E-state index is 12.4. The number of para-hydroxylation sites is 1. The van der Waals surface area contributed by atoms with Crippen molar-refractivity contribution in [3.63, 3.8) is 0 Å². The zero-order valence-electron chi connectivity index (χ0n) is 14.4. The van der Waals surface area contributed by atoms with Crippen LogP contribution in [0.2, 0.25) is 0 Å². The van der Waals surface area contributed by atoms with Gasteiger partial charge in [-0.1, -0.05) is 18.2 Å². The maximum absolute atomic E-state index is 12.4. The Morgan fingerprint density at radius 1 is 1.12 bits per heavy atom. The molecule has 0 bridgehead atoms. The number of hydrogen-bond acceptors (Lipinski definition) is 6. The molecule has 0 radical (unpaired) electrons. The maximum Gasteiger partial charge on any atom is 0.272 e. The van der Waals surface area contributed by atoms with Crippen molar-refractivity contribution in [3.8, 4) is 0 Å². The lowest BCUT2D eigenvalue weighted by Crippen LogP contribution is -2.26. The van der Waals surface area contributed by atoms with Gasteiger partial charge < -0.3 is 5.32 Å². The third kappa shape index (κ3) is 5.23. The van der Waals surface area contributed by atoms with Crippen molar-refractivity contribution < 1.29 is 14.5 Å². The summed E-state index contributed by atoms with van der Waals surface area (Å²) in [6.45, 7) is 3.22. The highest BCUT2D eigenvalue weighted by atomic mass is 16.6. The number of anilines is 2. The topological polar surface area (TPSA) is 114 Å². The van der Waals surface area contributed by atoms with E-state index in [0.29, 0.717) is 11.4 Å². The number of hydrogen-bond donors (Lipinski definition) is 2. The molecule has 0 aliphatic rings. The number of benzene rings is 2. The molecule has 0 saturated carbocycles. The van der Waals surface area contributed by atoms with Gasteiger partial charge in [0.25, 0.3) is 11.6 Å². The molecule has 8 nitrogen and oxygen atoms in total. The molecule has 0 aliphatic carbocycles. The fourth-order valence-corrected chi connectivity index (χ4v) is 2.10. The number of carbonyl (C=O) groups is 2. The monoisotopic (exact) mass is 354 g/mol. The van der Waals surface area contributed by atoms with Gasteiger partial charge in [-0.15, -0.1) is 0 Å². The Kier molecular flexibility index (Phi) is 6.15. The minimum atomic E-state index is -0.510. The Morgan fingerprint density at radius 2 is 1.77 bits per heavy atom. The first-order valence-electron chi connectivity index (χ1n) is 7.80. The van der Waals surface area contributed by atoms with Crippen LogP contribution >= 0.6 is 0 Å². The number of hydrazone groups is 1. The third-order valence-electron chi connectivity index (χ3n) is 3.47. The van der Waals surface area contributed by atoms with Gasteiger partial charge >= 0.3 is 0 Å². The number of ketones is 1. The summed E-state index contributed by atoms with van der Waals surface area (Å²) in [7, 11) is 0.